The van der Waals surface area contributed by atoms with Gasteiger partial charge in [0.25, 0.3) is 0 Å². The number of ether oxygens (including phenoxy) is 1. The molecule has 0 saturated heterocycles. The molecular formula is C20H32O2S. The zero-order valence-corrected chi connectivity index (χ0v) is 16.0. The van der Waals surface area contributed by atoms with Crippen LogP contribution >= 0.6 is 11.8 Å². The van der Waals surface area contributed by atoms with Crippen molar-refractivity contribution in [3.8, 4) is 0 Å². The van der Waals surface area contributed by atoms with E-state index in [2.05, 4.69) is 25.2 Å². The lowest BCUT2D eigenvalue weighted by Crippen LogP contribution is -2.25. The molecule has 0 heterocycles. The first-order chi connectivity index (χ1) is 10.9. The van der Waals surface area contributed by atoms with Crippen molar-refractivity contribution >= 4 is 17.1 Å². The molecule has 2 nitrogen and oxygen atoms in total. The first-order valence-corrected chi connectivity index (χ1v) is 10.1. The Morgan fingerprint density at radius 3 is 2.74 bits per heavy atom. The van der Waals surface area contributed by atoms with Gasteiger partial charge < -0.3 is 4.74 Å². The molecule has 2 aliphatic rings. The van der Waals surface area contributed by atoms with Crippen molar-refractivity contribution in [3.05, 3.63) is 23.8 Å². The number of carbonyl (C=O) groups excluding carboxylic acids is 1. The Balaban J connectivity index is 1.76. The van der Waals surface area contributed by atoms with Gasteiger partial charge in [-0.3, -0.25) is 0 Å². The molecule has 3 atom stereocenters. The van der Waals surface area contributed by atoms with Crippen LogP contribution in [0.1, 0.15) is 66.2 Å². The van der Waals surface area contributed by atoms with Crippen LogP contribution in [0.15, 0.2) is 23.8 Å². The largest absolute Gasteiger partial charge is 0.452 e. The van der Waals surface area contributed by atoms with Crippen molar-refractivity contribution < 1.29 is 9.53 Å². The third-order valence-electron chi connectivity index (χ3n) is 4.87. The lowest BCUT2D eigenvalue weighted by Gasteiger charge is -2.36. The fraction of sp³-hybridized carbons (Fsp3) is 0.750. The Hall–Kier alpha value is -0.700. The molecule has 130 valence electrons. The van der Waals surface area contributed by atoms with Gasteiger partial charge in [-0.1, -0.05) is 30.7 Å². The molecule has 3 unspecified atom stereocenters. The average Bonchev–Trinajstić information content (AvgIpc) is 2.49. The summed E-state index contributed by atoms with van der Waals surface area (Å²) >= 11 is 1.33. The molecule has 0 aliphatic heterocycles. The third kappa shape index (κ3) is 6.02. The number of carbonyl (C=O) groups is 1. The Morgan fingerprint density at radius 2 is 2.04 bits per heavy atom. The van der Waals surface area contributed by atoms with E-state index in [1.54, 1.807) is 5.57 Å². The van der Waals surface area contributed by atoms with Crippen LogP contribution in [0.2, 0.25) is 0 Å². The summed E-state index contributed by atoms with van der Waals surface area (Å²) in [7, 11) is 0. The minimum absolute atomic E-state index is 0.134. The normalized spacial score (nSPS) is 27.3. The van der Waals surface area contributed by atoms with E-state index in [-0.39, 0.29) is 10.9 Å². The summed E-state index contributed by atoms with van der Waals surface area (Å²) in [5.74, 6) is 3.23. The molecule has 0 bridgehead atoms. The number of hydrogen-bond acceptors (Lipinski definition) is 3. The average molecular weight is 337 g/mol. The van der Waals surface area contributed by atoms with Crippen molar-refractivity contribution in [3.63, 3.8) is 0 Å². The molecule has 2 rings (SSSR count). The number of hydrogen-bond donors (Lipinski definition) is 0. The third-order valence-corrected chi connectivity index (χ3v) is 5.69. The second-order valence-corrected chi connectivity index (χ2v) is 8.88. The van der Waals surface area contributed by atoms with Crippen LogP contribution in [0, 0.1) is 17.8 Å². The SMILES string of the molecule is CCC1=CC2CC=CCC2CC1CCCSC(=O)OC(C)(C)C. The monoisotopic (exact) mass is 336 g/mol. The Bertz CT molecular complexity index is 459. The molecule has 0 aromatic heterocycles. The second-order valence-electron chi connectivity index (χ2n) is 7.85. The molecular weight excluding hydrogens is 304 g/mol. The standard InChI is InChI=1S/C20H32O2S/c1-5-15-13-17-9-6-7-10-18(17)14-16(15)11-8-12-23-19(21)22-20(2,3)4/h6-7,13,16-18H,5,8-12,14H2,1-4H3. The number of rotatable bonds is 5. The van der Waals surface area contributed by atoms with Gasteiger partial charge in [0.2, 0.25) is 0 Å². The second kappa shape index (κ2) is 8.41. The summed E-state index contributed by atoms with van der Waals surface area (Å²) in [4.78, 5) is 11.7. The number of fused-ring (bicyclic) bond motifs is 1. The molecule has 0 radical (unpaired) electrons. The zero-order valence-electron chi connectivity index (χ0n) is 15.1. The van der Waals surface area contributed by atoms with Gasteiger partial charge in [-0.25, -0.2) is 4.79 Å². The minimum atomic E-state index is -0.380. The molecule has 3 heteroatoms. The van der Waals surface area contributed by atoms with Gasteiger partial charge in [-0.15, -0.1) is 0 Å². The van der Waals surface area contributed by atoms with E-state index in [9.17, 15) is 4.79 Å². The molecule has 23 heavy (non-hydrogen) atoms. The Kier molecular flexibility index (Phi) is 6.82. The van der Waals surface area contributed by atoms with Crippen molar-refractivity contribution in [1.29, 1.82) is 0 Å². The number of thioether (sulfide) groups is 1. The summed E-state index contributed by atoms with van der Waals surface area (Å²) in [6, 6.07) is 0. The van der Waals surface area contributed by atoms with Crippen LogP contribution in [-0.4, -0.2) is 16.7 Å². The Labute approximate surface area is 146 Å². The first kappa shape index (κ1) is 18.6. The van der Waals surface area contributed by atoms with Crippen LogP contribution in [-0.2, 0) is 4.74 Å². The molecule has 0 fully saturated rings. The minimum Gasteiger partial charge on any atom is -0.452 e. The summed E-state index contributed by atoms with van der Waals surface area (Å²) in [5.41, 5.74) is 1.28. The molecule has 0 saturated carbocycles. The van der Waals surface area contributed by atoms with Gasteiger partial charge in [0.05, 0.1) is 0 Å². The van der Waals surface area contributed by atoms with Gasteiger partial charge in [-0.2, -0.15) is 0 Å². The first-order valence-electron chi connectivity index (χ1n) is 9.10. The van der Waals surface area contributed by atoms with Crippen LogP contribution in [0.4, 0.5) is 4.79 Å². The van der Waals surface area contributed by atoms with E-state index in [0.717, 1.165) is 29.9 Å². The molecule has 0 spiro atoms. The van der Waals surface area contributed by atoms with Gasteiger partial charge >= 0.3 is 5.30 Å². The van der Waals surface area contributed by atoms with Crippen molar-refractivity contribution in [2.45, 2.75) is 71.8 Å². The zero-order chi connectivity index (χ0) is 16.9. The highest BCUT2D eigenvalue weighted by atomic mass is 32.2. The van der Waals surface area contributed by atoms with Crippen molar-refractivity contribution in [2.24, 2.45) is 17.8 Å². The van der Waals surface area contributed by atoms with Gasteiger partial charge in [0.1, 0.15) is 5.60 Å². The highest BCUT2D eigenvalue weighted by molar-refractivity contribution is 8.13. The van der Waals surface area contributed by atoms with E-state index in [1.807, 2.05) is 20.8 Å². The quantitative estimate of drug-likeness (QED) is 0.331. The van der Waals surface area contributed by atoms with E-state index in [1.165, 1.54) is 43.9 Å². The smallest absolute Gasteiger partial charge is 0.367 e. The highest BCUT2D eigenvalue weighted by Crippen LogP contribution is 2.42. The Morgan fingerprint density at radius 1 is 1.30 bits per heavy atom. The number of allylic oxidation sites excluding steroid dienone is 4. The lowest BCUT2D eigenvalue weighted by atomic mass is 9.69. The van der Waals surface area contributed by atoms with Gasteiger partial charge in [-0.05, 0) is 88.8 Å². The van der Waals surface area contributed by atoms with Crippen LogP contribution in [0.5, 0.6) is 0 Å². The lowest BCUT2D eigenvalue weighted by molar-refractivity contribution is 0.0738. The predicted molar refractivity (Wildman–Crippen MR) is 99.8 cm³/mol. The summed E-state index contributed by atoms with van der Waals surface area (Å²) in [6.07, 6.45) is 14.6. The van der Waals surface area contributed by atoms with Crippen molar-refractivity contribution in [1.82, 2.24) is 0 Å². The maximum atomic E-state index is 11.7. The molecule has 0 amide bonds. The van der Waals surface area contributed by atoms with E-state index < -0.39 is 0 Å². The fourth-order valence-electron chi connectivity index (χ4n) is 3.77. The summed E-state index contributed by atoms with van der Waals surface area (Å²) in [5, 5.41) is -0.134. The summed E-state index contributed by atoms with van der Waals surface area (Å²) < 4.78 is 5.35. The van der Waals surface area contributed by atoms with Gasteiger partial charge in [0, 0.05) is 5.75 Å². The van der Waals surface area contributed by atoms with E-state index in [4.69, 9.17) is 4.74 Å². The maximum absolute atomic E-state index is 11.7. The van der Waals surface area contributed by atoms with Crippen LogP contribution in [0.3, 0.4) is 0 Å². The maximum Gasteiger partial charge on any atom is 0.367 e. The molecule has 0 N–H and O–H groups in total. The topological polar surface area (TPSA) is 26.3 Å². The fourth-order valence-corrected chi connectivity index (χ4v) is 4.56. The van der Waals surface area contributed by atoms with Crippen LogP contribution < -0.4 is 0 Å². The highest BCUT2D eigenvalue weighted by Gasteiger charge is 2.30. The van der Waals surface area contributed by atoms with Crippen LogP contribution in [0.25, 0.3) is 0 Å². The molecule has 0 aromatic carbocycles. The molecule has 2 aliphatic carbocycles. The van der Waals surface area contributed by atoms with E-state index >= 15 is 0 Å². The summed E-state index contributed by atoms with van der Waals surface area (Å²) in [6.45, 7) is 8.04. The van der Waals surface area contributed by atoms with Gasteiger partial charge in [0.15, 0.2) is 0 Å². The molecule has 0 aromatic rings. The predicted octanol–water partition coefficient (Wildman–Crippen LogP) is 6.37. The van der Waals surface area contributed by atoms with Crippen molar-refractivity contribution in [2.75, 3.05) is 5.75 Å². The van der Waals surface area contributed by atoms with E-state index in [0.29, 0.717) is 0 Å².